The van der Waals surface area contributed by atoms with Gasteiger partial charge in [0.25, 0.3) is 0 Å². The van der Waals surface area contributed by atoms with E-state index in [0.717, 1.165) is 11.3 Å². The van der Waals surface area contributed by atoms with E-state index in [-0.39, 0.29) is 11.9 Å². The molecule has 3 heteroatoms. The third kappa shape index (κ3) is 3.24. The number of halogens is 1. The van der Waals surface area contributed by atoms with Gasteiger partial charge in [0.1, 0.15) is 11.6 Å². The summed E-state index contributed by atoms with van der Waals surface area (Å²) < 4.78 is 19.7. The topological polar surface area (TPSA) is 35.2 Å². The average molecular weight is 287 g/mol. The standard InChI is InChI=1S/C18H22FNO/c1-4-18(20,16-7-5-6-8-17(16)19)14-9-11-15(12-10-14)21-13(2)3/h5-13H,4,20H2,1-3H3. The van der Waals surface area contributed by atoms with Gasteiger partial charge in [0.15, 0.2) is 0 Å². The molecule has 0 saturated heterocycles. The van der Waals surface area contributed by atoms with Crippen molar-refractivity contribution in [3.63, 3.8) is 0 Å². The van der Waals surface area contributed by atoms with Gasteiger partial charge in [-0.25, -0.2) is 4.39 Å². The van der Waals surface area contributed by atoms with Gasteiger partial charge >= 0.3 is 0 Å². The molecular weight excluding hydrogens is 265 g/mol. The summed E-state index contributed by atoms with van der Waals surface area (Å²) in [5.74, 6) is 0.519. The van der Waals surface area contributed by atoms with Crippen LogP contribution >= 0.6 is 0 Å². The second-order valence-corrected chi connectivity index (χ2v) is 5.50. The average Bonchev–Trinajstić information content (AvgIpc) is 2.47. The smallest absolute Gasteiger partial charge is 0.128 e. The summed E-state index contributed by atoms with van der Waals surface area (Å²) in [5, 5.41) is 0. The zero-order chi connectivity index (χ0) is 15.5. The molecule has 0 saturated carbocycles. The quantitative estimate of drug-likeness (QED) is 0.893. The van der Waals surface area contributed by atoms with E-state index in [1.807, 2.05) is 51.1 Å². The number of hydrogen-bond acceptors (Lipinski definition) is 2. The van der Waals surface area contributed by atoms with Crippen molar-refractivity contribution in [2.45, 2.75) is 38.8 Å². The van der Waals surface area contributed by atoms with Crippen molar-refractivity contribution in [1.82, 2.24) is 0 Å². The van der Waals surface area contributed by atoms with E-state index in [1.54, 1.807) is 12.1 Å². The summed E-state index contributed by atoms with van der Waals surface area (Å²) in [7, 11) is 0. The second kappa shape index (κ2) is 6.27. The first-order valence-electron chi connectivity index (χ1n) is 7.28. The molecule has 2 rings (SSSR count). The van der Waals surface area contributed by atoms with Gasteiger partial charge in [-0.3, -0.25) is 0 Å². The van der Waals surface area contributed by atoms with Gasteiger partial charge in [0, 0.05) is 5.56 Å². The second-order valence-electron chi connectivity index (χ2n) is 5.50. The van der Waals surface area contributed by atoms with E-state index in [9.17, 15) is 4.39 Å². The highest BCUT2D eigenvalue weighted by atomic mass is 19.1. The fraction of sp³-hybridized carbons (Fsp3) is 0.333. The van der Waals surface area contributed by atoms with Crippen LogP contribution in [0.3, 0.4) is 0 Å². The number of hydrogen-bond donors (Lipinski definition) is 1. The van der Waals surface area contributed by atoms with Crippen molar-refractivity contribution in [2.75, 3.05) is 0 Å². The van der Waals surface area contributed by atoms with E-state index in [2.05, 4.69) is 0 Å². The van der Waals surface area contributed by atoms with Gasteiger partial charge < -0.3 is 10.5 Å². The summed E-state index contributed by atoms with van der Waals surface area (Å²) in [6.45, 7) is 5.92. The molecule has 0 aliphatic rings. The number of nitrogens with two attached hydrogens (primary N) is 1. The molecule has 0 spiro atoms. The molecule has 0 bridgehead atoms. The van der Waals surface area contributed by atoms with Crippen LogP contribution in [0, 0.1) is 5.82 Å². The van der Waals surface area contributed by atoms with Crippen molar-refractivity contribution in [3.8, 4) is 5.75 Å². The van der Waals surface area contributed by atoms with Crippen LogP contribution in [0.4, 0.5) is 4.39 Å². The highest BCUT2D eigenvalue weighted by Crippen LogP contribution is 2.32. The van der Waals surface area contributed by atoms with Crippen LogP contribution in [0.15, 0.2) is 48.5 Å². The van der Waals surface area contributed by atoms with Crippen LogP contribution in [-0.4, -0.2) is 6.10 Å². The lowest BCUT2D eigenvalue weighted by Gasteiger charge is -2.30. The van der Waals surface area contributed by atoms with Gasteiger partial charge in [-0.15, -0.1) is 0 Å². The van der Waals surface area contributed by atoms with Gasteiger partial charge in [0.05, 0.1) is 11.6 Å². The third-order valence-electron chi connectivity index (χ3n) is 3.65. The molecule has 2 N–H and O–H groups in total. The van der Waals surface area contributed by atoms with Crippen molar-refractivity contribution < 1.29 is 9.13 Å². The molecule has 1 atom stereocenters. The fourth-order valence-corrected chi connectivity index (χ4v) is 2.48. The lowest BCUT2D eigenvalue weighted by atomic mass is 9.81. The largest absolute Gasteiger partial charge is 0.491 e. The summed E-state index contributed by atoms with van der Waals surface area (Å²) >= 11 is 0. The minimum atomic E-state index is -0.832. The zero-order valence-electron chi connectivity index (χ0n) is 12.8. The Balaban J connectivity index is 2.39. The molecular formula is C18H22FNO. The van der Waals surface area contributed by atoms with Crippen molar-refractivity contribution in [1.29, 1.82) is 0 Å². The number of benzene rings is 2. The molecule has 0 radical (unpaired) electrons. The Morgan fingerprint density at radius 1 is 1.10 bits per heavy atom. The first kappa shape index (κ1) is 15.5. The zero-order valence-corrected chi connectivity index (χ0v) is 12.8. The lowest BCUT2D eigenvalue weighted by molar-refractivity contribution is 0.242. The molecule has 0 aliphatic heterocycles. The summed E-state index contributed by atoms with van der Waals surface area (Å²) in [5.41, 5.74) is 7.08. The molecule has 0 aromatic heterocycles. The Morgan fingerprint density at radius 2 is 1.71 bits per heavy atom. The molecule has 112 valence electrons. The molecule has 2 aromatic rings. The molecule has 0 aliphatic carbocycles. The minimum absolute atomic E-state index is 0.122. The minimum Gasteiger partial charge on any atom is -0.491 e. The van der Waals surface area contributed by atoms with Gasteiger partial charge in [-0.1, -0.05) is 37.3 Å². The van der Waals surface area contributed by atoms with Crippen LogP contribution in [-0.2, 0) is 5.54 Å². The van der Waals surface area contributed by atoms with Crippen molar-refractivity contribution in [2.24, 2.45) is 5.73 Å². The molecule has 21 heavy (non-hydrogen) atoms. The Labute approximate surface area is 125 Å². The van der Waals surface area contributed by atoms with E-state index in [4.69, 9.17) is 10.5 Å². The van der Waals surface area contributed by atoms with Crippen LogP contribution in [0.2, 0.25) is 0 Å². The van der Waals surface area contributed by atoms with Gasteiger partial charge in [0.2, 0.25) is 0 Å². The molecule has 0 amide bonds. The number of rotatable bonds is 5. The lowest BCUT2D eigenvalue weighted by Crippen LogP contribution is -2.38. The van der Waals surface area contributed by atoms with E-state index in [0.29, 0.717) is 12.0 Å². The Bertz CT molecular complexity index is 594. The number of ether oxygens (including phenoxy) is 1. The molecule has 2 aromatic carbocycles. The van der Waals surface area contributed by atoms with Crippen LogP contribution in [0.5, 0.6) is 5.75 Å². The highest BCUT2D eigenvalue weighted by Gasteiger charge is 2.30. The Kier molecular flexibility index (Phi) is 4.63. The van der Waals surface area contributed by atoms with Crippen LogP contribution < -0.4 is 10.5 Å². The maximum atomic E-state index is 14.1. The van der Waals surface area contributed by atoms with Crippen LogP contribution in [0.25, 0.3) is 0 Å². The van der Waals surface area contributed by atoms with Gasteiger partial charge in [-0.05, 0) is 44.0 Å². The maximum absolute atomic E-state index is 14.1. The first-order chi connectivity index (χ1) is 9.97. The monoisotopic (exact) mass is 287 g/mol. The predicted molar refractivity (Wildman–Crippen MR) is 83.9 cm³/mol. The molecule has 0 fully saturated rings. The highest BCUT2D eigenvalue weighted by molar-refractivity contribution is 5.40. The fourth-order valence-electron chi connectivity index (χ4n) is 2.48. The predicted octanol–water partition coefficient (Wildman–Crippen LogP) is 4.23. The van der Waals surface area contributed by atoms with Gasteiger partial charge in [-0.2, -0.15) is 0 Å². The third-order valence-corrected chi connectivity index (χ3v) is 3.65. The summed E-state index contributed by atoms with van der Waals surface area (Å²) in [6, 6.07) is 14.3. The molecule has 2 nitrogen and oxygen atoms in total. The Morgan fingerprint density at radius 3 is 2.24 bits per heavy atom. The normalized spacial score (nSPS) is 14.0. The van der Waals surface area contributed by atoms with E-state index in [1.165, 1.54) is 6.07 Å². The first-order valence-corrected chi connectivity index (χ1v) is 7.28. The molecule has 1 unspecified atom stereocenters. The van der Waals surface area contributed by atoms with E-state index < -0.39 is 5.54 Å². The van der Waals surface area contributed by atoms with Crippen molar-refractivity contribution in [3.05, 3.63) is 65.5 Å². The SMILES string of the molecule is CCC(N)(c1ccc(OC(C)C)cc1)c1ccccc1F. The van der Waals surface area contributed by atoms with E-state index >= 15 is 0 Å². The molecule has 0 heterocycles. The maximum Gasteiger partial charge on any atom is 0.128 e. The summed E-state index contributed by atoms with van der Waals surface area (Å²) in [6.07, 6.45) is 0.731. The summed E-state index contributed by atoms with van der Waals surface area (Å²) in [4.78, 5) is 0. The van der Waals surface area contributed by atoms with Crippen molar-refractivity contribution >= 4 is 0 Å². The van der Waals surface area contributed by atoms with Crippen LogP contribution in [0.1, 0.15) is 38.3 Å². The Hall–Kier alpha value is -1.87.